The van der Waals surface area contributed by atoms with Crippen LogP contribution in [-0.2, 0) is 32.0 Å². The number of phenols is 1. The van der Waals surface area contributed by atoms with Crippen LogP contribution in [0.4, 0.5) is 5.69 Å². The van der Waals surface area contributed by atoms with Crippen LogP contribution in [0.2, 0.25) is 0 Å². The molecule has 0 aliphatic carbocycles. The van der Waals surface area contributed by atoms with Crippen LogP contribution in [0.5, 0.6) is 5.75 Å². The lowest BCUT2D eigenvalue weighted by Crippen LogP contribution is -2.57. The van der Waals surface area contributed by atoms with Gasteiger partial charge in [-0.2, -0.15) is 0 Å². The fourth-order valence-electron chi connectivity index (χ4n) is 5.47. The third-order valence-corrected chi connectivity index (χ3v) is 7.61. The zero-order chi connectivity index (χ0) is 29.7. The molecule has 0 radical (unpaired) electrons. The molecule has 2 heterocycles. The highest BCUT2D eigenvalue weighted by atomic mass is 16.6. The molecule has 0 bridgehead atoms. The minimum absolute atomic E-state index is 0.0194. The molecule has 13 nitrogen and oxygen atoms in total. The van der Waals surface area contributed by atoms with E-state index in [-0.39, 0.29) is 24.3 Å². The Morgan fingerprint density at radius 3 is 2.02 bits per heavy atom. The van der Waals surface area contributed by atoms with Gasteiger partial charge in [0.2, 0.25) is 23.6 Å². The molecule has 2 fully saturated rings. The molecule has 2 saturated heterocycles. The number of nitrogens with two attached hydrogens (primary N) is 2. The Morgan fingerprint density at radius 2 is 1.44 bits per heavy atom. The summed E-state index contributed by atoms with van der Waals surface area (Å²) in [5.41, 5.74) is 12.9. The summed E-state index contributed by atoms with van der Waals surface area (Å²) in [6, 6.07) is 8.35. The number of phenolic OH excluding ortho intramolecular Hbond substituents is 1. The molecular weight excluding hydrogens is 532 g/mol. The van der Waals surface area contributed by atoms with Crippen molar-refractivity contribution in [2.24, 2.45) is 11.5 Å². The van der Waals surface area contributed by atoms with E-state index in [1.165, 1.54) is 46.2 Å². The van der Waals surface area contributed by atoms with E-state index < -0.39 is 52.7 Å². The molecule has 2 aromatic carbocycles. The quantitative estimate of drug-likeness (QED) is 0.233. The topological polar surface area (TPSA) is 202 Å². The Bertz CT molecular complexity index is 1300. The maximum absolute atomic E-state index is 13.6. The van der Waals surface area contributed by atoms with Gasteiger partial charge in [-0.05, 0) is 55.4 Å². The molecule has 6 N–H and O–H groups in total. The number of rotatable bonds is 10. The zero-order valence-electron chi connectivity index (χ0n) is 22.5. The smallest absolute Gasteiger partial charge is 0.269 e. The van der Waals surface area contributed by atoms with Gasteiger partial charge in [0.05, 0.1) is 11.0 Å². The average Bonchev–Trinajstić information content (AvgIpc) is 3.64. The van der Waals surface area contributed by atoms with Gasteiger partial charge in [-0.15, -0.1) is 0 Å². The molecule has 4 rings (SSSR count). The molecule has 13 heteroatoms. The Hall–Kier alpha value is -4.52. The SMILES string of the molecule is NC(=O)[C@@H]1CCCN1C(=O)[C@H](Cc1ccc([N+](=O)[O-])cc1)NC(=O)[C@@H]1CCCN1C(=O)[C@@H](N)Cc1ccc(O)cc1. The average molecular weight is 567 g/mol. The summed E-state index contributed by atoms with van der Waals surface area (Å²) in [6.07, 6.45) is 2.20. The van der Waals surface area contributed by atoms with Crippen LogP contribution in [0, 0.1) is 10.1 Å². The predicted molar refractivity (Wildman–Crippen MR) is 147 cm³/mol. The van der Waals surface area contributed by atoms with E-state index in [2.05, 4.69) is 5.32 Å². The van der Waals surface area contributed by atoms with Gasteiger partial charge in [-0.3, -0.25) is 29.3 Å². The number of non-ortho nitro benzene ring substituents is 1. The van der Waals surface area contributed by atoms with Gasteiger partial charge in [-0.1, -0.05) is 24.3 Å². The number of amides is 4. The first kappa shape index (κ1) is 29.5. The largest absolute Gasteiger partial charge is 0.508 e. The van der Waals surface area contributed by atoms with Crippen LogP contribution < -0.4 is 16.8 Å². The van der Waals surface area contributed by atoms with Crippen molar-refractivity contribution in [1.82, 2.24) is 15.1 Å². The normalized spacial score (nSPS) is 19.9. The highest BCUT2D eigenvalue weighted by Gasteiger charge is 2.40. The van der Waals surface area contributed by atoms with Crippen molar-refractivity contribution in [2.75, 3.05) is 13.1 Å². The number of primary amides is 1. The van der Waals surface area contributed by atoms with Crippen molar-refractivity contribution in [3.63, 3.8) is 0 Å². The highest BCUT2D eigenvalue weighted by Crippen LogP contribution is 2.23. The molecule has 2 aliphatic heterocycles. The third-order valence-electron chi connectivity index (χ3n) is 7.61. The van der Waals surface area contributed by atoms with Gasteiger partial charge in [0, 0.05) is 31.6 Å². The number of benzene rings is 2. The summed E-state index contributed by atoms with van der Waals surface area (Å²) in [6.45, 7) is 0.635. The van der Waals surface area contributed by atoms with Crippen molar-refractivity contribution in [2.45, 2.75) is 62.7 Å². The summed E-state index contributed by atoms with van der Waals surface area (Å²) >= 11 is 0. The Morgan fingerprint density at radius 1 is 0.902 bits per heavy atom. The molecule has 0 saturated carbocycles. The monoisotopic (exact) mass is 566 g/mol. The van der Waals surface area contributed by atoms with Gasteiger partial charge >= 0.3 is 0 Å². The molecular formula is C28H34N6O7. The summed E-state index contributed by atoms with van der Waals surface area (Å²) in [5, 5.41) is 23.3. The fourth-order valence-corrected chi connectivity index (χ4v) is 5.47. The molecule has 2 aromatic rings. The minimum Gasteiger partial charge on any atom is -0.508 e. The van der Waals surface area contributed by atoms with Crippen LogP contribution in [0.3, 0.4) is 0 Å². The van der Waals surface area contributed by atoms with Crippen LogP contribution in [-0.4, -0.2) is 80.7 Å². The van der Waals surface area contributed by atoms with Gasteiger partial charge in [0.15, 0.2) is 0 Å². The number of likely N-dealkylation sites (tertiary alicyclic amines) is 2. The number of carbonyl (C=O) groups excluding carboxylic acids is 4. The van der Waals surface area contributed by atoms with Crippen molar-refractivity contribution in [3.05, 3.63) is 69.8 Å². The Balaban J connectivity index is 1.50. The molecule has 2 aliphatic rings. The maximum Gasteiger partial charge on any atom is 0.269 e. The van der Waals surface area contributed by atoms with Gasteiger partial charge in [0.1, 0.15) is 23.9 Å². The number of nitrogens with zero attached hydrogens (tertiary/aromatic N) is 3. The van der Waals surface area contributed by atoms with Gasteiger partial charge in [0.25, 0.3) is 5.69 Å². The number of nitro groups is 1. The second-order valence-electron chi connectivity index (χ2n) is 10.4. The Kier molecular flexibility index (Phi) is 9.17. The van der Waals surface area contributed by atoms with Crippen molar-refractivity contribution in [3.8, 4) is 5.75 Å². The number of nitro benzene ring substituents is 1. The first-order valence-electron chi connectivity index (χ1n) is 13.5. The number of carbonyl (C=O) groups is 4. The second kappa shape index (κ2) is 12.8. The lowest BCUT2D eigenvalue weighted by molar-refractivity contribution is -0.384. The first-order chi connectivity index (χ1) is 19.5. The van der Waals surface area contributed by atoms with E-state index in [1.807, 2.05) is 0 Å². The Labute approximate surface area is 236 Å². The lowest BCUT2D eigenvalue weighted by Gasteiger charge is -2.31. The van der Waals surface area contributed by atoms with Crippen molar-refractivity contribution < 1.29 is 29.2 Å². The van der Waals surface area contributed by atoms with E-state index in [0.717, 1.165) is 5.56 Å². The fraction of sp³-hybridized carbons (Fsp3) is 0.429. The number of hydrogen-bond donors (Lipinski definition) is 4. The number of hydrogen-bond acceptors (Lipinski definition) is 8. The van der Waals surface area contributed by atoms with Gasteiger partial charge < -0.3 is 31.7 Å². The number of nitrogens with one attached hydrogen (secondary N) is 1. The molecule has 0 unspecified atom stereocenters. The van der Waals surface area contributed by atoms with Crippen LogP contribution in [0.15, 0.2) is 48.5 Å². The zero-order valence-corrected chi connectivity index (χ0v) is 22.5. The lowest BCUT2D eigenvalue weighted by atomic mass is 10.0. The molecule has 218 valence electrons. The summed E-state index contributed by atoms with van der Waals surface area (Å²) in [7, 11) is 0. The summed E-state index contributed by atoms with van der Waals surface area (Å²) < 4.78 is 0. The van der Waals surface area contributed by atoms with Crippen molar-refractivity contribution in [1.29, 1.82) is 0 Å². The van der Waals surface area contributed by atoms with E-state index >= 15 is 0 Å². The molecule has 41 heavy (non-hydrogen) atoms. The van der Waals surface area contributed by atoms with E-state index in [9.17, 15) is 34.4 Å². The van der Waals surface area contributed by atoms with Crippen LogP contribution >= 0.6 is 0 Å². The summed E-state index contributed by atoms with van der Waals surface area (Å²) in [5.74, 6) is -1.95. The van der Waals surface area contributed by atoms with Crippen molar-refractivity contribution >= 4 is 29.3 Å². The minimum atomic E-state index is -1.09. The number of aromatic hydroxyl groups is 1. The molecule has 0 aromatic heterocycles. The predicted octanol–water partition coefficient (Wildman–Crippen LogP) is 0.365. The highest BCUT2D eigenvalue weighted by molar-refractivity contribution is 5.95. The third kappa shape index (κ3) is 6.98. The summed E-state index contributed by atoms with van der Waals surface area (Å²) in [4.78, 5) is 65.7. The maximum atomic E-state index is 13.6. The van der Waals surface area contributed by atoms with E-state index in [4.69, 9.17) is 11.5 Å². The van der Waals surface area contributed by atoms with Crippen LogP contribution in [0.1, 0.15) is 36.8 Å². The standard InChI is InChI=1S/C28H34N6O7/c29-21(15-17-7-11-20(35)12-8-17)27(38)33-14-2-4-24(33)26(37)31-22(16-18-5-9-19(10-6-18)34(40)41)28(39)32-13-1-3-23(32)25(30)36/h5-12,21-24,35H,1-4,13-16,29H2,(H2,30,36)(H,31,37)/t21-,22-,23-,24-/m0/s1. The van der Waals surface area contributed by atoms with Gasteiger partial charge in [-0.25, -0.2) is 0 Å². The van der Waals surface area contributed by atoms with E-state index in [0.29, 0.717) is 44.3 Å². The molecule has 0 spiro atoms. The molecule has 4 atom stereocenters. The van der Waals surface area contributed by atoms with E-state index in [1.54, 1.807) is 12.1 Å². The second-order valence-corrected chi connectivity index (χ2v) is 10.4. The molecule has 4 amide bonds. The van der Waals surface area contributed by atoms with Crippen LogP contribution in [0.25, 0.3) is 0 Å². The first-order valence-corrected chi connectivity index (χ1v) is 13.5.